The summed E-state index contributed by atoms with van der Waals surface area (Å²) in [4.78, 5) is 0. The van der Waals surface area contributed by atoms with Crippen molar-refractivity contribution in [3.8, 4) is 0 Å². The fourth-order valence-electron chi connectivity index (χ4n) is 2.39. The van der Waals surface area contributed by atoms with Crippen molar-refractivity contribution >= 4 is 0 Å². The van der Waals surface area contributed by atoms with E-state index in [0.717, 1.165) is 31.1 Å². The van der Waals surface area contributed by atoms with Crippen molar-refractivity contribution in [2.24, 2.45) is 17.3 Å². The Balaban J connectivity index is 1.45. The van der Waals surface area contributed by atoms with Crippen molar-refractivity contribution in [1.82, 2.24) is 5.32 Å². The zero-order chi connectivity index (χ0) is 10.7. The average molecular weight is 211 g/mol. The van der Waals surface area contributed by atoms with Gasteiger partial charge in [-0.3, -0.25) is 0 Å². The molecule has 0 aromatic carbocycles. The number of rotatable bonds is 8. The molecule has 0 atom stereocenters. The van der Waals surface area contributed by atoms with E-state index in [-0.39, 0.29) is 0 Å². The molecule has 2 fully saturated rings. The van der Waals surface area contributed by atoms with E-state index in [4.69, 9.17) is 4.74 Å². The van der Waals surface area contributed by atoms with Crippen LogP contribution in [0.3, 0.4) is 0 Å². The molecule has 0 radical (unpaired) electrons. The van der Waals surface area contributed by atoms with Gasteiger partial charge in [-0.05, 0) is 42.9 Å². The number of hydrogen-bond donors (Lipinski definition) is 1. The fraction of sp³-hybridized carbons (Fsp3) is 1.00. The van der Waals surface area contributed by atoms with E-state index in [1.807, 2.05) is 0 Å². The molecular weight excluding hydrogens is 186 g/mol. The summed E-state index contributed by atoms with van der Waals surface area (Å²) in [5, 5.41) is 3.56. The van der Waals surface area contributed by atoms with Crippen LogP contribution in [0.1, 0.15) is 39.5 Å². The largest absolute Gasteiger partial charge is 0.380 e. The Morgan fingerprint density at radius 1 is 1.33 bits per heavy atom. The summed E-state index contributed by atoms with van der Waals surface area (Å²) in [5.74, 6) is 1.73. The second kappa shape index (κ2) is 4.84. The summed E-state index contributed by atoms with van der Waals surface area (Å²) < 4.78 is 5.54. The van der Waals surface area contributed by atoms with Crippen molar-refractivity contribution in [3.05, 3.63) is 0 Å². The third-order valence-corrected chi connectivity index (χ3v) is 3.69. The summed E-state index contributed by atoms with van der Waals surface area (Å²) in [5.41, 5.74) is 0.734. The van der Waals surface area contributed by atoms with E-state index in [2.05, 4.69) is 19.2 Å². The molecule has 0 aliphatic heterocycles. The normalized spacial score (nSPS) is 23.4. The molecule has 0 saturated heterocycles. The topological polar surface area (TPSA) is 21.3 Å². The van der Waals surface area contributed by atoms with Crippen LogP contribution < -0.4 is 5.32 Å². The molecule has 88 valence electrons. The van der Waals surface area contributed by atoms with Crippen LogP contribution in [0.25, 0.3) is 0 Å². The molecule has 2 saturated carbocycles. The maximum absolute atomic E-state index is 5.54. The Kier molecular flexibility index (Phi) is 3.68. The van der Waals surface area contributed by atoms with Crippen molar-refractivity contribution in [2.75, 3.05) is 26.3 Å². The minimum Gasteiger partial charge on any atom is -0.380 e. The van der Waals surface area contributed by atoms with Crippen LogP contribution in [0, 0.1) is 17.3 Å². The van der Waals surface area contributed by atoms with Crippen molar-refractivity contribution in [2.45, 2.75) is 39.5 Å². The van der Waals surface area contributed by atoms with Gasteiger partial charge < -0.3 is 10.1 Å². The van der Waals surface area contributed by atoms with E-state index in [1.54, 1.807) is 0 Å². The monoisotopic (exact) mass is 211 g/mol. The van der Waals surface area contributed by atoms with Crippen LogP contribution >= 0.6 is 0 Å². The van der Waals surface area contributed by atoms with Gasteiger partial charge in [0.15, 0.2) is 0 Å². The summed E-state index contributed by atoms with van der Waals surface area (Å²) in [6, 6.07) is 0. The Labute approximate surface area is 93.8 Å². The summed E-state index contributed by atoms with van der Waals surface area (Å²) >= 11 is 0. The van der Waals surface area contributed by atoms with Gasteiger partial charge in [-0.1, -0.05) is 13.8 Å². The molecule has 0 heterocycles. The van der Waals surface area contributed by atoms with Crippen LogP contribution in [0.4, 0.5) is 0 Å². The third kappa shape index (κ3) is 3.46. The lowest BCUT2D eigenvalue weighted by molar-refractivity contribution is 0.110. The second-order valence-electron chi connectivity index (χ2n) is 5.78. The zero-order valence-electron chi connectivity index (χ0n) is 10.2. The molecule has 2 nitrogen and oxygen atoms in total. The molecule has 2 aliphatic rings. The Hall–Kier alpha value is -0.0800. The number of ether oxygens (including phenoxy) is 1. The first-order valence-electron chi connectivity index (χ1n) is 6.51. The molecule has 1 N–H and O–H groups in total. The van der Waals surface area contributed by atoms with Crippen molar-refractivity contribution in [3.63, 3.8) is 0 Å². The van der Waals surface area contributed by atoms with E-state index >= 15 is 0 Å². The first kappa shape index (κ1) is 11.4. The molecule has 15 heavy (non-hydrogen) atoms. The first-order chi connectivity index (χ1) is 7.23. The molecule has 0 aromatic heterocycles. The van der Waals surface area contributed by atoms with Gasteiger partial charge >= 0.3 is 0 Å². The quantitative estimate of drug-likeness (QED) is 0.623. The molecule has 0 aromatic rings. The third-order valence-electron chi connectivity index (χ3n) is 3.69. The predicted octanol–water partition coefficient (Wildman–Crippen LogP) is 2.44. The van der Waals surface area contributed by atoms with Gasteiger partial charge in [0.2, 0.25) is 0 Å². The lowest BCUT2D eigenvalue weighted by Crippen LogP contribution is -2.28. The highest BCUT2D eigenvalue weighted by atomic mass is 16.5. The highest BCUT2D eigenvalue weighted by molar-refractivity contribution is 5.04. The second-order valence-corrected chi connectivity index (χ2v) is 5.78. The molecule has 0 unspecified atom stereocenters. The van der Waals surface area contributed by atoms with Crippen molar-refractivity contribution < 1.29 is 4.74 Å². The van der Waals surface area contributed by atoms with Crippen LogP contribution in [0.15, 0.2) is 0 Å². The van der Waals surface area contributed by atoms with Gasteiger partial charge in [0, 0.05) is 19.7 Å². The Bertz CT molecular complexity index is 195. The summed E-state index contributed by atoms with van der Waals surface area (Å²) in [6.45, 7) is 8.43. The Morgan fingerprint density at radius 3 is 2.60 bits per heavy atom. The summed E-state index contributed by atoms with van der Waals surface area (Å²) in [6.07, 6.45) is 5.92. The van der Waals surface area contributed by atoms with E-state index < -0.39 is 0 Å². The number of nitrogens with one attached hydrogen (secondary N) is 1. The lowest BCUT2D eigenvalue weighted by atomic mass is 10.0. The van der Waals surface area contributed by atoms with Crippen LogP contribution in [0.5, 0.6) is 0 Å². The van der Waals surface area contributed by atoms with Crippen LogP contribution in [-0.4, -0.2) is 26.3 Å². The maximum Gasteiger partial charge on any atom is 0.0591 e. The smallest absolute Gasteiger partial charge is 0.0591 e. The standard InChI is InChI=1S/C13H25NO/c1-11(2)9-15-8-7-14-10-13(5-6-13)12-3-4-12/h11-12,14H,3-10H2,1-2H3. The van der Waals surface area contributed by atoms with Gasteiger partial charge in [0.1, 0.15) is 0 Å². The van der Waals surface area contributed by atoms with Gasteiger partial charge in [-0.15, -0.1) is 0 Å². The van der Waals surface area contributed by atoms with E-state index in [9.17, 15) is 0 Å². The predicted molar refractivity (Wildman–Crippen MR) is 62.9 cm³/mol. The zero-order valence-corrected chi connectivity index (χ0v) is 10.2. The average Bonchev–Trinajstić information content (AvgIpc) is 3.00. The van der Waals surface area contributed by atoms with Crippen LogP contribution in [0.2, 0.25) is 0 Å². The molecule has 0 bridgehead atoms. The summed E-state index contributed by atoms with van der Waals surface area (Å²) in [7, 11) is 0. The SMILES string of the molecule is CC(C)COCCNCC1(C2CC2)CC1. The van der Waals surface area contributed by atoms with Gasteiger partial charge in [-0.25, -0.2) is 0 Å². The Morgan fingerprint density at radius 2 is 2.07 bits per heavy atom. The lowest BCUT2D eigenvalue weighted by Gasteiger charge is -2.15. The van der Waals surface area contributed by atoms with Gasteiger partial charge in [-0.2, -0.15) is 0 Å². The van der Waals surface area contributed by atoms with Gasteiger partial charge in [0.25, 0.3) is 0 Å². The van der Waals surface area contributed by atoms with E-state index in [1.165, 1.54) is 32.2 Å². The van der Waals surface area contributed by atoms with Gasteiger partial charge in [0.05, 0.1) is 6.61 Å². The molecular formula is C13H25NO. The molecule has 0 amide bonds. The highest BCUT2D eigenvalue weighted by Gasteiger charge is 2.52. The van der Waals surface area contributed by atoms with Crippen LogP contribution in [-0.2, 0) is 4.74 Å². The highest BCUT2D eigenvalue weighted by Crippen LogP contribution is 2.60. The molecule has 2 heteroatoms. The molecule has 2 rings (SSSR count). The molecule has 0 spiro atoms. The first-order valence-corrected chi connectivity index (χ1v) is 6.51. The fourth-order valence-corrected chi connectivity index (χ4v) is 2.39. The number of hydrogen-bond acceptors (Lipinski definition) is 2. The van der Waals surface area contributed by atoms with E-state index in [0.29, 0.717) is 5.92 Å². The maximum atomic E-state index is 5.54. The molecule has 2 aliphatic carbocycles. The minimum absolute atomic E-state index is 0.659. The minimum atomic E-state index is 0.659. The van der Waals surface area contributed by atoms with Crippen molar-refractivity contribution in [1.29, 1.82) is 0 Å².